The lowest BCUT2D eigenvalue weighted by atomic mass is 9.83. The number of ether oxygens (including phenoxy) is 3. The molecule has 3 aliphatic rings. The number of carbonyl (C=O) groups excluding carboxylic acids is 1. The predicted octanol–water partition coefficient (Wildman–Crippen LogP) is 6.94. The van der Waals surface area contributed by atoms with Crippen LogP contribution in [0.3, 0.4) is 0 Å². The van der Waals surface area contributed by atoms with Gasteiger partial charge in [0.2, 0.25) is 0 Å². The van der Waals surface area contributed by atoms with Crippen LogP contribution in [-0.2, 0) is 19.0 Å². The van der Waals surface area contributed by atoms with Gasteiger partial charge >= 0.3 is 5.97 Å². The molecule has 3 aliphatic heterocycles. The Hall–Kier alpha value is -0.610. The lowest BCUT2D eigenvalue weighted by molar-refractivity contribution is -0.257. The highest BCUT2D eigenvalue weighted by molar-refractivity contribution is 5.70. The lowest BCUT2D eigenvalue weighted by Crippen LogP contribution is -2.48. The van der Waals surface area contributed by atoms with Crippen molar-refractivity contribution in [2.45, 2.75) is 129 Å². The van der Waals surface area contributed by atoms with Crippen LogP contribution in [0.2, 0.25) is 0 Å². The molecule has 4 heteroatoms. The minimum Gasteiger partial charge on any atom is -0.465 e. The first-order valence-corrected chi connectivity index (χ1v) is 12.6. The van der Waals surface area contributed by atoms with Crippen LogP contribution in [0.15, 0.2) is 0 Å². The van der Waals surface area contributed by atoms with Gasteiger partial charge in [-0.25, -0.2) is 0 Å². The van der Waals surface area contributed by atoms with Crippen molar-refractivity contribution in [2.24, 2.45) is 5.41 Å². The SMILES string of the molecule is CCCCCCCCCCCCCCCCCCC12COC(=O)CC(OC1)OC2. The van der Waals surface area contributed by atoms with E-state index in [1.807, 2.05) is 0 Å². The topological polar surface area (TPSA) is 44.8 Å². The summed E-state index contributed by atoms with van der Waals surface area (Å²) >= 11 is 0. The Morgan fingerprint density at radius 1 is 0.690 bits per heavy atom. The van der Waals surface area contributed by atoms with Crippen molar-refractivity contribution in [3.63, 3.8) is 0 Å². The smallest absolute Gasteiger partial charge is 0.310 e. The molecule has 29 heavy (non-hydrogen) atoms. The Morgan fingerprint density at radius 3 is 1.62 bits per heavy atom. The van der Waals surface area contributed by atoms with Crippen LogP contribution in [0.5, 0.6) is 0 Å². The number of hydrogen-bond donors (Lipinski definition) is 0. The monoisotopic (exact) mass is 410 g/mol. The predicted molar refractivity (Wildman–Crippen MR) is 118 cm³/mol. The molecule has 0 aromatic carbocycles. The molecular weight excluding hydrogens is 364 g/mol. The van der Waals surface area contributed by atoms with Crippen LogP contribution >= 0.6 is 0 Å². The van der Waals surface area contributed by atoms with Crippen LogP contribution in [0.25, 0.3) is 0 Å². The molecule has 3 rings (SSSR count). The maximum Gasteiger partial charge on any atom is 0.310 e. The normalized spacial score (nSPS) is 24.3. The fourth-order valence-corrected chi connectivity index (χ4v) is 4.52. The van der Waals surface area contributed by atoms with Gasteiger partial charge in [0, 0.05) is 0 Å². The highest BCUT2D eigenvalue weighted by atomic mass is 16.7. The Balaban J connectivity index is 1.35. The Labute approximate surface area is 179 Å². The molecule has 0 N–H and O–H groups in total. The van der Waals surface area contributed by atoms with Crippen molar-refractivity contribution in [3.05, 3.63) is 0 Å². The van der Waals surface area contributed by atoms with Crippen LogP contribution in [0.1, 0.15) is 122 Å². The molecule has 0 spiro atoms. The third-order valence-corrected chi connectivity index (χ3v) is 6.58. The summed E-state index contributed by atoms with van der Waals surface area (Å²) in [4.78, 5) is 11.6. The van der Waals surface area contributed by atoms with Crippen LogP contribution in [-0.4, -0.2) is 32.1 Å². The third kappa shape index (κ3) is 10.8. The molecule has 4 nitrogen and oxygen atoms in total. The fourth-order valence-electron chi connectivity index (χ4n) is 4.52. The summed E-state index contributed by atoms with van der Waals surface area (Å²) in [5, 5.41) is 0. The second kappa shape index (κ2) is 15.2. The van der Waals surface area contributed by atoms with Gasteiger partial charge in [-0.05, 0) is 6.42 Å². The largest absolute Gasteiger partial charge is 0.465 e. The maximum atomic E-state index is 11.6. The average Bonchev–Trinajstić information content (AvgIpc) is 2.72. The molecule has 0 unspecified atom stereocenters. The number of unbranched alkanes of at least 4 members (excludes halogenated alkanes) is 15. The number of rotatable bonds is 17. The zero-order valence-electron chi connectivity index (χ0n) is 19.1. The van der Waals surface area contributed by atoms with Crippen LogP contribution < -0.4 is 0 Å². The van der Waals surface area contributed by atoms with Crippen molar-refractivity contribution in [2.75, 3.05) is 19.8 Å². The molecule has 170 valence electrons. The molecule has 0 radical (unpaired) electrons. The van der Waals surface area contributed by atoms with E-state index in [4.69, 9.17) is 14.2 Å². The first-order chi connectivity index (χ1) is 14.2. The van der Waals surface area contributed by atoms with Crippen LogP contribution in [0, 0.1) is 5.41 Å². The van der Waals surface area contributed by atoms with E-state index in [-0.39, 0.29) is 24.1 Å². The zero-order chi connectivity index (χ0) is 20.6. The van der Waals surface area contributed by atoms with Gasteiger partial charge in [0.25, 0.3) is 0 Å². The second-order valence-corrected chi connectivity index (χ2v) is 9.47. The Kier molecular flexibility index (Phi) is 12.9. The Bertz CT molecular complexity index is 415. The molecule has 0 aromatic rings. The summed E-state index contributed by atoms with van der Waals surface area (Å²) < 4.78 is 16.8. The van der Waals surface area contributed by atoms with Gasteiger partial charge in [-0.15, -0.1) is 0 Å². The van der Waals surface area contributed by atoms with Gasteiger partial charge in [0.15, 0.2) is 6.29 Å². The Morgan fingerprint density at radius 2 is 1.14 bits per heavy atom. The molecule has 3 heterocycles. The molecule has 3 fully saturated rings. The molecule has 0 aromatic heterocycles. The third-order valence-electron chi connectivity index (χ3n) is 6.58. The van der Waals surface area contributed by atoms with Gasteiger partial charge in [-0.2, -0.15) is 0 Å². The quantitative estimate of drug-likeness (QED) is 0.192. The summed E-state index contributed by atoms with van der Waals surface area (Å²) in [7, 11) is 0. The van der Waals surface area contributed by atoms with Gasteiger partial charge in [0.1, 0.15) is 6.61 Å². The van der Waals surface area contributed by atoms with E-state index in [9.17, 15) is 4.79 Å². The summed E-state index contributed by atoms with van der Waals surface area (Å²) in [6, 6.07) is 0. The van der Waals surface area contributed by atoms with E-state index in [0.717, 1.165) is 6.42 Å². The molecule has 2 bridgehead atoms. The lowest BCUT2D eigenvalue weighted by Gasteiger charge is -2.41. The maximum absolute atomic E-state index is 11.6. The molecular formula is C25H46O4. The minimum absolute atomic E-state index is 0.109. The van der Waals surface area contributed by atoms with E-state index in [2.05, 4.69) is 6.92 Å². The summed E-state index contributed by atoms with van der Waals surface area (Å²) in [5.74, 6) is -0.189. The standard InChI is InChI=1S/C25H46O4/c1-2-3-4-5-6-7-8-9-10-11-12-13-14-15-16-17-18-25-20-27-23(26)19-24(28-21-25)29-22-25/h24H,2-22H2,1H3. The van der Waals surface area contributed by atoms with E-state index in [1.54, 1.807) is 0 Å². The van der Waals surface area contributed by atoms with Gasteiger partial charge in [-0.1, -0.05) is 110 Å². The van der Waals surface area contributed by atoms with Gasteiger partial charge in [0.05, 0.1) is 25.0 Å². The first kappa shape index (κ1) is 24.7. The second-order valence-electron chi connectivity index (χ2n) is 9.47. The van der Waals surface area contributed by atoms with Crippen molar-refractivity contribution in [1.82, 2.24) is 0 Å². The van der Waals surface area contributed by atoms with Crippen LogP contribution in [0.4, 0.5) is 0 Å². The summed E-state index contributed by atoms with van der Waals surface area (Å²) in [6.07, 6.45) is 23.0. The van der Waals surface area contributed by atoms with Crippen molar-refractivity contribution in [1.29, 1.82) is 0 Å². The zero-order valence-corrected chi connectivity index (χ0v) is 19.1. The fraction of sp³-hybridized carbons (Fsp3) is 0.960. The van der Waals surface area contributed by atoms with Crippen molar-refractivity contribution in [3.8, 4) is 0 Å². The molecule has 0 atom stereocenters. The van der Waals surface area contributed by atoms with Gasteiger partial charge < -0.3 is 14.2 Å². The molecule has 0 aliphatic carbocycles. The number of esters is 1. The number of hydrogen-bond acceptors (Lipinski definition) is 4. The van der Waals surface area contributed by atoms with E-state index >= 15 is 0 Å². The first-order valence-electron chi connectivity index (χ1n) is 12.6. The van der Waals surface area contributed by atoms with Gasteiger partial charge in [-0.3, -0.25) is 4.79 Å². The van der Waals surface area contributed by atoms with E-state index in [0.29, 0.717) is 19.8 Å². The van der Waals surface area contributed by atoms with Crippen molar-refractivity contribution < 1.29 is 19.0 Å². The van der Waals surface area contributed by atoms with E-state index in [1.165, 1.54) is 103 Å². The summed E-state index contributed by atoms with van der Waals surface area (Å²) in [6.45, 7) is 4.08. The molecule has 3 saturated heterocycles. The van der Waals surface area contributed by atoms with E-state index < -0.39 is 0 Å². The average molecular weight is 411 g/mol. The molecule has 0 saturated carbocycles. The molecule has 0 amide bonds. The minimum atomic E-state index is -0.387. The highest BCUT2D eigenvalue weighted by Gasteiger charge is 2.40. The number of carbonyl (C=O) groups is 1. The summed E-state index contributed by atoms with van der Waals surface area (Å²) in [5.41, 5.74) is -0.109. The highest BCUT2D eigenvalue weighted by Crippen LogP contribution is 2.34. The van der Waals surface area contributed by atoms with Crippen molar-refractivity contribution >= 4 is 5.97 Å². The number of fused-ring (bicyclic) bond motifs is 5.